The summed E-state index contributed by atoms with van der Waals surface area (Å²) in [4.78, 5) is 2.48. The molecule has 0 amide bonds. The Hall–Kier alpha value is -5.52. The minimum absolute atomic E-state index is 1.16. The van der Waals surface area contributed by atoms with E-state index in [0.29, 0.717) is 0 Å². The first-order valence-electron chi connectivity index (χ1n) is 17.9. The fourth-order valence-electron chi connectivity index (χ4n) is 8.62. The maximum atomic E-state index is 2.54. The first kappa shape index (κ1) is 30.1. The van der Waals surface area contributed by atoms with Gasteiger partial charge in [0.15, 0.2) is 0 Å². The van der Waals surface area contributed by atoms with Gasteiger partial charge < -0.3 is 4.90 Å². The molecule has 1 aliphatic rings. The summed E-state index contributed by atoms with van der Waals surface area (Å²) in [6.45, 7) is 5.07. The van der Waals surface area contributed by atoms with Crippen LogP contribution in [0.2, 0.25) is 13.1 Å². The van der Waals surface area contributed by atoms with Crippen LogP contribution in [-0.2, 0) is 0 Å². The molecule has 246 valence electrons. The van der Waals surface area contributed by atoms with Crippen molar-refractivity contribution in [3.8, 4) is 22.3 Å². The van der Waals surface area contributed by atoms with Crippen molar-refractivity contribution < 1.29 is 0 Å². The number of anilines is 3. The molecular formula is C48H33NS2Si. The molecule has 52 heavy (non-hydrogen) atoms. The third kappa shape index (κ3) is 4.45. The van der Waals surface area contributed by atoms with Crippen molar-refractivity contribution in [1.82, 2.24) is 0 Å². The van der Waals surface area contributed by atoms with E-state index in [4.69, 9.17) is 0 Å². The van der Waals surface area contributed by atoms with Crippen LogP contribution in [0.3, 0.4) is 0 Å². The largest absolute Gasteiger partial charge is 0.310 e. The second kappa shape index (κ2) is 11.2. The second-order valence-corrected chi connectivity index (χ2v) is 21.0. The van der Waals surface area contributed by atoms with Gasteiger partial charge in [0.1, 0.15) is 8.07 Å². The molecule has 2 aromatic heterocycles. The van der Waals surface area contributed by atoms with Gasteiger partial charge in [-0.2, -0.15) is 0 Å². The summed E-state index contributed by atoms with van der Waals surface area (Å²) in [5, 5.41) is 11.0. The van der Waals surface area contributed by atoms with Crippen LogP contribution in [0.1, 0.15) is 0 Å². The van der Waals surface area contributed by atoms with Crippen LogP contribution in [0.25, 0.3) is 73.4 Å². The molecular weight excluding hydrogens is 683 g/mol. The normalized spacial score (nSPS) is 13.3. The Labute approximate surface area is 311 Å². The van der Waals surface area contributed by atoms with Crippen LogP contribution < -0.4 is 15.3 Å². The number of thiophene rings is 2. The molecule has 0 saturated carbocycles. The molecule has 10 aromatic rings. The molecule has 0 spiro atoms. The van der Waals surface area contributed by atoms with Crippen LogP contribution in [-0.4, -0.2) is 8.07 Å². The van der Waals surface area contributed by atoms with Crippen LogP contribution in [0, 0.1) is 0 Å². The van der Waals surface area contributed by atoms with Crippen LogP contribution in [0.5, 0.6) is 0 Å². The van der Waals surface area contributed by atoms with E-state index in [1.807, 2.05) is 22.7 Å². The molecule has 0 unspecified atom stereocenters. The lowest BCUT2D eigenvalue weighted by Gasteiger charge is -2.28. The maximum Gasteiger partial charge on any atom is 0.114 e. The zero-order chi connectivity index (χ0) is 34.6. The van der Waals surface area contributed by atoms with Gasteiger partial charge in [-0.05, 0) is 98.0 Å². The van der Waals surface area contributed by atoms with E-state index < -0.39 is 8.07 Å². The van der Waals surface area contributed by atoms with E-state index in [0.717, 1.165) is 5.69 Å². The lowest BCUT2D eigenvalue weighted by Crippen LogP contribution is -2.49. The lowest BCUT2D eigenvalue weighted by atomic mass is 10.00. The molecule has 1 nitrogen and oxygen atoms in total. The van der Waals surface area contributed by atoms with Crippen molar-refractivity contribution in [2.45, 2.75) is 13.1 Å². The summed E-state index contributed by atoms with van der Waals surface area (Å²) in [5.41, 5.74) is 8.86. The lowest BCUT2D eigenvalue weighted by molar-refractivity contribution is 1.29. The van der Waals surface area contributed by atoms with Gasteiger partial charge in [0.05, 0.1) is 0 Å². The first-order valence-corrected chi connectivity index (χ1v) is 22.5. The topological polar surface area (TPSA) is 3.24 Å². The highest BCUT2D eigenvalue weighted by atomic mass is 32.1. The van der Waals surface area contributed by atoms with Crippen molar-refractivity contribution in [3.63, 3.8) is 0 Å². The SMILES string of the molecule is C[Si]1(C)c2cc(N(c3cccc(-c4ccc5ccccc5c4)c3)c3ccc4c(c3)sc3ccccc34)ccc2-c2c1ccc1c2sc2ccccc21. The fraction of sp³-hybridized carbons (Fsp3) is 0.0417. The van der Waals surface area contributed by atoms with Crippen molar-refractivity contribution in [2.75, 3.05) is 4.90 Å². The summed E-state index contributed by atoms with van der Waals surface area (Å²) in [5.74, 6) is 0. The van der Waals surface area contributed by atoms with Crippen LogP contribution >= 0.6 is 22.7 Å². The number of rotatable bonds is 4. The van der Waals surface area contributed by atoms with E-state index in [-0.39, 0.29) is 0 Å². The zero-order valence-electron chi connectivity index (χ0n) is 28.9. The Morgan fingerprint density at radius 3 is 1.94 bits per heavy atom. The highest BCUT2D eigenvalue weighted by Crippen LogP contribution is 2.45. The van der Waals surface area contributed by atoms with Gasteiger partial charge in [-0.25, -0.2) is 0 Å². The van der Waals surface area contributed by atoms with E-state index in [1.54, 1.807) is 5.19 Å². The molecule has 0 N–H and O–H groups in total. The minimum atomic E-state index is -2.00. The molecule has 4 heteroatoms. The van der Waals surface area contributed by atoms with Crippen LogP contribution in [0.4, 0.5) is 17.1 Å². The summed E-state index contributed by atoms with van der Waals surface area (Å²) < 4.78 is 5.44. The van der Waals surface area contributed by atoms with Gasteiger partial charge in [-0.15, -0.1) is 22.7 Å². The van der Waals surface area contributed by atoms with E-state index >= 15 is 0 Å². The Balaban J connectivity index is 1.11. The molecule has 0 aliphatic carbocycles. The van der Waals surface area contributed by atoms with Crippen molar-refractivity contribution in [1.29, 1.82) is 0 Å². The maximum absolute atomic E-state index is 2.54. The average Bonchev–Trinajstić information content (AvgIpc) is 3.82. The Kier molecular flexibility index (Phi) is 6.51. The molecule has 0 bridgehead atoms. The van der Waals surface area contributed by atoms with E-state index in [1.165, 1.54) is 89.9 Å². The summed E-state index contributed by atoms with van der Waals surface area (Å²) in [7, 11) is -2.00. The molecule has 3 heterocycles. The zero-order valence-corrected chi connectivity index (χ0v) is 31.5. The standard InChI is InChI=1S/C48H33NS2Si/c1-52(2)45-25-24-40-38-15-6-8-17-43(38)51-48(40)47(45)41-23-21-36(29-46(41)52)49(35-20-22-39-37-14-5-7-16-42(37)50-44(39)28-35)34-13-9-12-32(27-34)33-19-18-30-10-3-4-11-31(30)26-33/h3-29H,1-2H3. The number of hydrogen-bond acceptors (Lipinski definition) is 3. The number of fused-ring (bicyclic) bond motifs is 11. The Morgan fingerprint density at radius 2 is 1.08 bits per heavy atom. The average molecular weight is 716 g/mol. The highest BCUT2D eigenvalue weighted by molar-refractivity contribution is 7.27. The predicted molar refractivity (Wildman–Crippen MR) is 232 cm³/mol. The van der Waals surface area contributed by atoms with Gasteiger partial charge in [-0.1, -0.05) is 122 Å². The van der Waals surface area contributed by atoms with Crippen molar-refractivity contribution in [2.24, 2.45) is 0 Å². The highest BCUT2D eigenvalue weighted by Gasteiger charge is 2.39. The third-order valence-corrected chi connectivity index (χ3v) is 17.1. The van der Waals surface area contributed by atoms with E-state index in [9.17, 15) is 0 Å². The van der Waals surface area contributed by atoms with Crippen molar-refractivity contribution in [3.05, 3.63) is 164 Å². The monoisotopic (exact) mass is 715 g/mol. The molecule has 11 rings (SSSR count). The van der Waals surface area contributed by atoms with Gasteiger partial charge in [0, 0.05) is 57.4 Å². The molecule has 0 saturated heterocycles. The van der Waals surface area contributed by atoms with E-state index in [2.05, 4.69) is 182 Å². The second-order valence-electron chi connectivity index (χ2n) is 14.5. The predicted octanol–water partition coefficient (Wildman–Crippen LogP) is 13.5. The molecule has 0 atom stereocenters. The number of hydrogen-bond donors (Lipinski definition) is 0. The third-order valence-electron chi connectivity index (χ3n) is 11.2. The first-order chi connectivity index (χ1) is 25.5. The van der Waals surface area contributed by atoms with Gasteiger partial charge >= 0.3 is 0 Å². The van der Waals surface area contributed by atoms with Crippen LogP contribution in [0.15, 0.2) is 164 Å². The van der Waals surface area contributed by atoms with Gasteiger partial charge in [-0.3, -0.25) is 0 Å². The van der Waals surface area contributed by atoms with Crippen molar-refractivity contribution >= 4 is 109 Å². The number of nitrogens with zero attached hydrogens (tertiary/aromatic N) is 1. The Morgan fingerprint density at radius 1 is 0.423 bits per heavy atom. The molecule has 8 aromatic carbocycles. The summed E-state index contributed by atoms with van der Waals surface area (Å²) >= 11 is 3.83. The number of benzene rings is 8. The Bertz CT molecular complexity index is 3080. The molecule has 0 fully saturated rings. The summed E-state index contributed by atoms with van der Waals surface area (Å²) in [6.07, 6.45) is 0. The minimum Gasteiger partial charge on any atom is -0.310 e. The van der Waals surface area contributed by atoms with Gasteiger partial charge in [0.25, 0.3) is 0 Å². The summed E-state index contributed by atoms with van der Waals surface area (Å²) in [6, 6.07) is 61.4. The van der Waals surface area contributed by atoms with Gasteiger partial charge in [0.2, 0.25) is 0 Å². The smallest absolute Gasteiger partial charge is 0.114 e. The quantitative estimate of drug-likeness (QED) is 0.164. The molecule has 1 aliphatic heterocycles. The fourth-order valence-corrected chi connectivity index (χ4v) is 14.2. The molecule has 0 radical (unpaired) electrons.